The first-order valence-corrected chi connectivity index (χ1v) is 9.23. The smallest absolute Gasteiger partial charge is 0.325 e. The number of nitrogens with two attached hydrogens (primary N) is 1. The van der Waals surface area contributed by atoms with E-state index in [0.717, 1.165) is 5.75 Å². The van der Waals surface area contributed by atoms with Crippen LogP contribution in [0.2, 0.25) is 18.1 Å². The molecule has 0 aliphatic rings. The number of benzene rings is 1. The van der Waals surface area contributed by atoms with E-state index in [0.29, 0.717) is 5.56 Å². The normalized spacial score (nSPS) is 14.0. The summed E-state index contributed by atoms with van der Waals surface area (Å²) >= 11 is 0. The summed E-state index contributed by atoms with van der Waals surface area (Å²) in [4.78, 5) is 10.8. The molecule has 0 fully saturated rings. The quantitative estimate of drug-likeness (QED) is 0.832. The third-order valence-electron chi connectivity index (χ3n) is 3.68. The van der Waals surface area contributed by atoms with Crippen LogP contribution in [-0.2, 0) is 4.79 Å². The number of carboxylic acids is 1. The number of carbonyl (C=O) groups is 1. The average Bonchev–Trinajstić information content (AvgIpc) is 2.27. The molecule has 4 nitrogen and oxygen atoms in total. The summed E-state index contributed by atoms with van der Waals surface area (Å²) in [6.45, 7) is 10.9. The molecule has 0 heterocycles. The maximum absolute atomic E-state index is 10.8. The number of carboxylic acid groups (broad SMARTS) is 1. The number of hydrogen-bond donors (Lipinski definition) is 2. The molecule has 0 bridgehead atoms. The van der Waals surface area contributed by atoms with Gasteiger partial charge in [-0.3, -0.25) is 4.79 Å². The molecule has 0 radical (unpaired) electrons. The van der Waals surface area contributed by atoms with E-state index in [1.165, 1.54) is 0 Å². The van der Waals surface area contributed by atoms with E-state index in [2.05, 4.69) is 33.9 Å². The van der Waals surface area contributed by atoms with Gasteiger partial charge < -0.3 is 15.3 Å². The van der Waals surface area contributed by atoms with E-state index < -0.39 is 20.3 Å². The van der Waals surface area contributed by atoms with Gasteiger partial charge in [0.2, 0.25) is 8.32 Å². The fourth-order valence-corrected chi connectivity index (χ4v) is 2.37. The van der Waals surface area contributed by atoms with Gasteiger partial charge in [0.25, 0.3) is 0 Å². The number of rotatable bonds is 4. The maximum atomic E-state index is 10.8. The van der Waals surface area contributed by atoms with Crippen molar-refractivity contribution >= 4 is 14.3 Å². The molecule has 0 aromatic heterocycles. The minimum Gasteiger partial charge on any atom is -0.544 e. The Hall–Kier alpha value is -1.33. The van der Waals surface area contributed by atoms with Gasteiger partial charge in [-0.05, 0) is 35.8 Å². The van der Waals surface area contributed by atoms with Gasteiger partial charge in [0.05, 0.1) is 0 Å². The highest BCUT2D eigenvalue weighted by Crippen LogP contribution is 2.37. The van der Waals surface area contributed by atoms with E-state index in [4.69, 9.17) is 15.3 Å². The van der Waals surface area contributed by atoms with Gasteiger partial charge in [-0.15, -0.1) is 0 Å². The van der Waals surface area contributed by atoms with Crippen molar-refractivity contribution in [2.75, 3.05) is 0 Å². The molecular weight excluding hydrogens is 258 g/mol. The predicted octanol–water partition coefficient (Wildman–Crippen LogP) is 3.16. The molecule has 106 valence electrons. The van der Waals surface area contributed by atoms with E-state index in [-0.39, 0.29) is 5.04 Å². The fourth-order valence-electron chi connectivity index (χ4n) is 1.33. The Kier molecular flexibility index (Phi) is 4.42. The van der Waals surface area contributed by atoms with Gasteiger partial charge in [0, 0.05) is 0 Å². The van der Waals surface area contributed by atoms with Gasteiger partial charge in [0.15, 0.2) is 0 Å². The number of aliphatic carboxylic acids is 1. The lowest BCUT2D eigenvalue weighted by atomic mass is 10.1. The highest BCUT2D eigenvalue weighted by atomic mass is 28.4. The maximum Gasteiger partial charge on any atom is 0.325 e. The Labute approximate surface area is 115 Å². The van der Waals surface area contributed by atoms with Gasteiger partial charge in [0.1, 0.15) is 11.8 Å². The lowest BCUT2D eigenvalue weighted by Gasteiger charge is -2.36. The molecule has 1 aromatic carbocycles. The zero-order valence-electron chi connectivity index (χ0n) is 12.2. The fraction of sp³-hybridized carbons (Fsp3) is 0.500. The lowest BCUT2D eigenvalue weighted by Crippen LogP contribution is -2.43. The molecule has 0 saturated heterocycles. The van der Waals surface area contributed by atoms with E-state index >= 15 is 0 Å². The van der Waals surface area contributed by atoms with E-state index in [1.54, 1.807) is 24.3 Å². The van der Waals surface area contributed by atoms with Crippen LogP contribution in [0.3, 0.4) is 0 Å². The molecular formula is C14H23NO3Si. The van der Waals surface area contributed by atoms with E-state index in [9.17, 15) is 4.79 Å². The van der Waals surface area contributed by atoms with E-state index in [1.807, 2.05) is 0 Å². The monoisotopic (exact) mass is 281 g/mol. The predicted molar refractivity (Wildman–Crippen MR) is 78.8 cm³/mol. The Balaban J connectivity index is 2.86. The molecule has 1 rings (SSSR count). The van der Waals surface area contributed by atoms with Crippen LogP contribution in [0.4, 0.5) is 0 Å². The first-order chi connectivity index (χ1) is 8.54. The standard InChI is InChI=1S/C14H23NO3Si/c1-14(2,3)19(4,5)18-11-8-6-10(7-9-11)12(15)13(16)17/h6-9,12H,15H2,1-5H3,(H,16,17)/t12-/m1/s1. The topological polar surface area (TPSA) is 72.5 Å². The second-order valence-electron chi connectivity index (χ2n) is 6.25. The summed E-state index contributed by atoms with van der Waals surface area (Å²) in [5.41, 5.74) is 6.13. The zero-order chi connectivity index (χ0) is 14.8. The molecule has 19 heavy (non-hydrogen) atoms. The molecule has 1 aromatic rings. The van der Waals surface area contributed by atoms with Crippen LogP contribution in [0.1, 0.15) is 32.4 Å². The van der Waals surface area contributed by atoms with Crippen LogP contribution in [-0.4, -0.2) is 19.4 Å². The molecule has 0 aliphatic carbocycles. The van der Waals surface area contributed by atoms with Crippen molar-refractivity contribution in [2.45, 2.75) is 44.9 Å². The van der Waals surface area contributed by atoms with Crippen molar-refractivity contribution in [3.8, 4) is 5.75 Å². The van der Waals surface area contributed by atoms with Crippen molar-refractivity contribution in [3.63, 3.8) is 0 Å². The zero-order valence-corrected chi connectivity index (χ0v) is 13.2. The highest BCUT2D eigenvalue weighted by molar-refractivity contribution is 6.74. The lowest BCUT2D eigenvalue weighted by molar-refractivity contribution is -0.138. The summed E-state index contributed by atoms with van der Waals surface area (Å²) in [5.74, 6) is -0.258. The molecule has 0 saturated carbocycles. The van der Waals surface area contributed by atoms with Crippen molar-refractivity contribution in [1.29, 1.82) is 0 Å². The molecule has 0 spiro atoms. The van der Waals surface area contributed by atoms with Crippen molar-refractivity contribution in [2.24, 2.45) is 5.73 Å². The third-order valence-corrected chi connectivity index (χ3v) is 8.04. The molecule has 1 atom stereocenters. The summed E-state index contributed by atoms with van der Waals surface area (Å²) in [7, 11) is -1.86. The molecule has 0 aliphatic heterocycles. The second-order valence-corrected chi connectivity index (χ2v) is 11.0. The van der Waals surface area contributed by atoms with Crippen LogP contribution < -0.4 is 10.2 Å². The largest absolute Gasteiger partial charge is 0.544 e. The Morgan fingerprint density at radius 3 is 2.11 bits per heavy atom. The second kappa shape index (κ2) is 5.34. The average molecular weight is 281 g/mol. The van der Waals surface area contributed by atoms with Crippen molar-refractivity contribution in [3.05, 3.63) is 29.8 Å². The Morgan fingerprint density at radius 1 is 1.26 bits per heavy atom. The van der Waals surface area contributed by atoms with Crippen LogP contribution in [0.25, 0.3) is 0 Å². The van der Waals surface area contributed by atoms with Crippen molar-refractivity contribution < 1.29 is 14.3 Å². The first-order valence-electron chi connectivity index (χ1n) is 6.32. The number of hydrogen-bond acceptors (Lipinski definition) is 3. The highest BCUT2D eigenvalue weighted by Gasteiger charge is 2.38. The minimum absolute atomic E-state index is 0.128. The Morgan fingerprint density at radius 2 is 1.74 bits per heavy atom. The van der Waals surface area contributed by atoms with Gasteiger partial charge >= 0.3 is 5.97 Å². The summed E-state index contributed by atoms with van der Waals surface area (Å²) in [6.07, 6.45) is 0. The van der Waals surface area contributed by atoms with Crippen LogP contribution >= 0.6 is 0 Å². The minimum atomic E-state index is -1.86. The van der Waals surface area contributed by atoms with Gasteiger partial charge in [-0.2, -0.15) is 0 Å². The van der Waals surface area contributed by atoms with Crippen molar-refractivity contribution in [1.82, 2.24) is 0 Å². The van der Waals surface area contributed by atoms with Crippen LogP contribution in [0.5, 0.6) is 5.75 Å². The molecule has 3 N–H and O–H groups in total. The van der Waals surface area contributed by atoms with Crippen LogP contribution in [0.15, 0.2) is 24.3 Å². The third kappa shape index (κ3) is 3.81. The first kappa shape index (κ1) is 15.7. The summed E-state index contributed by atoms with van der Waals surface area (Å²) in [6, 6.07) is 6.02. The van der Waals surface area contributed by atoms with Crippen LogP contribution in [0, 0.1) is 0 Å². The molecule has 0 unspecified atom stereocenters. The van der Waals surface area contributed by atoms with Gasteiger partial charge in [-0.25, -0.2) is 0 Å². The molecule has 5 heteroatoms. The molecule has 0 amide bonds. The Bertz CT molecular complexity index is 449. The SMILES string of the molecule is CC(C)(C)[Si](C)(C)Oc1ccc([C@@H](N)C(=O)O)cc1. The van der Waals surface area contributed by atoms with Gasteiger partial charge in [-0.1, -0.05) is 32.9 Å². The summed E-state index contributed by atoms with van der Waals surface area (Å²) in [5, 5.41) is 8.98. The summed E-state index contributed by atoms with van der Waals surface area (Å²) < 4.78 is 6.11.